The first kappa shape index (κ1) is 20.0. The summed E-state index contributed by atoms with van der Waals surface area (Å²) >= 11 is 0. The zero-order valence-electron chi connectivity index (χ0n) is 16.7. The first-order valence-corrected chi connectivity index (χ1v) is 9.85. The van der Waals surface area contributed by atoms with Crippen molar-refractivity contribution in [3.63, 3.8) is 0 Å². The van der Waals surface area contributed by atoms with Gasteiger partial charge in [-0.05, 0) is 44.2 Å². The van der Waals surface area contributed by atoms with E-state index in [2.05, 4.69) is 11.4 Å². The Kier molecular flexibility index (Phi) is 6.79. The second-order valence-corrected chi connectivity index (χ2v) is 7.10. The summed E-state index contributed by atoms with van der Waals surface area (Å²) in [6, 6.07) is 5.20. The molecule has 152 valence electrons. The third-order valence-electron chi connectivity index (χ3n) is 5.26. The minimum absolute atomic E-state index is 0.0850. The number of rotatable bonds is 8. The first-order valence-electron chi connectivity index (χ1n) is 9.85. The third-order valence-corrected chi connectivity index (χ3v) is 5.26. The summed E-state index contributed by atoms with van der Waals surface area (Å²) in [5.74, 6) is 1.07. The molecule has 1 heterocycles. The number of carbonyl (C=O) groups is 2. The summed E-state index contributed by atoms with van der Waals surface area (Å²) in [6.07, 6.45) is 7.99. The van der Waals surface area contributed by atoms with Crippen molar-refractivity contribution in [3.8, 4) is 11.5 Å². The fraction of sp³-hybridized carbons (Fsp3) is 0.524. The zero-order valence-corrected chi connectivity index (χ0v) is 16.7. The molecule has 1 aliphatic carbocycles. The largest absolute Gasteiger partial charge is 0.493 e. The molecule has 7 heteroatoms. The minimum atomic E-state index is -0.169. The molecule has 0 unspecified atom stereocenters. The number of anilines is 1. The predicted molar refractivity (Wildman–Crippen MR) is 108 cm³/mol. The molecule has 0 spiro atoms. The van der Waals surface area contributed by atoms with Crippen LogP contribution in [0.5, 0.6) is 11.5 Å². The van der Waals surface area contributed by atoms with Crippen molar-refractivity contribution in [2.75, 3.05) is 45.3 Å². The molecule has 2 aliphatic rings. The van der Waals surface area contributed by atoms with E-state index in [1.54, 1.807) is 36.2 Å². The van der Waals surface area contributed by atoms with Gasteiger partial charge in [0.2, 0.25) is 5.91 Å². The number of carbonyl (C=O) groups excluding carboxylic acids is 2. The summed E-state index contributed by atoms with van der Waals surface area (Å²) in [4.78, 5) is 28.2. The number of nitrogens with one attached hydrogen (secondary N) is 1. The van der Waals surface area contributed by atoms with Crippen LogP contribution in [0.1, 0.15) is 32.1 Å². The molecule has 1 aromatic carbocycles. The summed E-state index contributed by atoms with van der Waals surface area (Å²) in [7, 11) is 3.14. The van der Waals surface area contributed by atoms with Crippen LogP contribution in [-0.2, 0) is 4.79 Å². The van der Waals surface area contributed by atoms with Gasteiger partial charge in [-0.3, -0.25) is 9.69 Å². The van der Waals surface area contributed by atoms with E-state index < -0.39 is 0 Å². The maximum absolute atomic E-state index is 12.7. The Bertz CT molecular complexity index is 747. The predicted octanol–water partition coefficient (Wildman–Crippen LogP) is 2.95. The Hall–Kier alpha value is -2.70. The van der Waals surface area contributed by atoms with Crippen molar-refractivity contribution >= 4 is 17.6 Å². The van der Waals surface area contributed by atoms with Gasteiger partial charge in [-0.1, -0.05) is 11.6 Å². The molecule has 0 saturated carbocycles. The maximum atomic E-state index is 12.7. The number of methoxy groups -OCH3 is 2. The number of amides is 3. The van der Waals surface area contributed by atoms with Crippen LogP contribution in [0.2, 0.25) is 0 Å². The van der Waals surface area contributed by atoms with Gasteiger partial charge in [-0.15, -0.1) is 0 Å². The van der Waals surface area contributed by atoms with Crippen molar-refractivity contribution in [1.82, 2.24) is 10.2 Å². The topological polar surface area (TPSA) is 71.1 Å². The lowest BCUT2D eigenvalue weighted by Gasteiger charge is -2.20. The molecular formula is C21H29N3O4. The molecule has 0 atom stereocenters. The van der Waals surface area contributed by atoms with Crippen molar-refractivity contribution in [2.24, 2.45) is 0 Å². The molecule has 7 nitrogen and oxygen atoms in total. The molecule has 28 heavy (non-hydrogen) atoms. The molecule has 1 aromatic rings. The van der Waals surface area contributed by atoms with E-state index in [9.17, 15) is 9.59 Å². The molecule has 1 aliphatic heterocycles. The van der Waals surface area contributed by atoms with Crippen LogP contribution in [0.4, 0.5) is 10.5 Å². The maximum Gasteiger partial charge on any atom is 0.325 e. The van der Waals surface area contributed by atoms with E-state index in [4.69, 9.17) is 9.47 Å². The lowest BCUT2D eigenvalue weighted by atomic mass is 9.97. The van der Waals surface area contributed by atoms with Gasteiger partial charge in [0.25, 0.3) is 0 Å². The molecule has 1 fully saturated rings. The monoisotopic (exact) mass is 387 g/mol. The molecule has 3 amide bonds. The second-order valence-electron chi connectivity index (χ2n) is 7.10. The fourth-order valence-corrected chi connectivity index (χ4v) is 3.69. The summed E-state index contributed by atoms with van der Waals surface area (Å²) in [5.41, 5.74) is 2.17. The van der Waals surface area contributed by atoms with E-state index in [1.165, 1.54) is 18.4 Å². The van der Waals surface area contributed by atoms with Crippen molar-refractivity contribution < 1.29 is 19.1 Å². The van der Waals surface area contributed by atoms with E-state index in [0.29, 0.717) is 31.1 Å². The molecular weight excluding hydrogens is 358 g/mol. The normalized spacial score (nSPS) is 16.8. The standard InChI is InChI=1S/C21H29N3O4/c1-27-18-9-8-17(14-19(18)28-2)24-13-12-23(21(24)26)15-20(25)22-11-10-16-6-4-3-5-7-16/h6,8-9,14H,3-5,7,10-13,15H2,1-2H3,(H,22,25). The summed E-state index contributed by atoms with van der Waals surface area (Å²) in [6.45, 7) is 1.77. The van der Waals surface area contributed by atoms with E-state index in [0.717, 1.165) is 24.9 Å². The Morgan fingerprint density at radius 1 is 1.14 bits per heavy atom. The highest BCUT2D eigenvalue weighted by molar-refractivity contribution is 5.96. The Labute approximate surface area is 166 Å². The van der Waals surface area contributed by atoms with Gasteiger partial charge in [0, 0.05) is 31.4 Å². The van der Waals surface area contributed by atoms with Gasteiger partial charge in [-0.2, -0.15) is 0 Å². The Morgan fingerprint density at radius 2 is 1.96 bits per heavy atom. The Balaban J connectivity index is 1.51. The molecule has 0 bridgehead atoms. The highest BCUT2D eigenvalue weighted by Gasteiger charge is 2.31. The van der Waals surface area contributed by atoms with Gasteiger partial charge in [0.15, 0.2) is 11.5 Å². The van der Waals surface area contributed by atoms with Crippen LogP contribution >= 0.6 is 0 Å². The van der Waals surface area contributed by atoms with Gasteiger partial charge < -0.3 is 19.7 Å². The zero-order chi connectivity index (χ0) is 19.9. The minimum Gasteiger partial charge on any atom is -0.493 e. The smallest absolute Gasteiger partial charge is 0.325 e. The summed E-state index contributed by atoms with van der Waals surface area (Å²) in [5, 5.41) is 2.94. The highest BCUT2D eigenvalue weighted by Crippen LogP contribution is 2.32. The lowest BCUT2D eigenvalue weighted by Crippen LogP contribution is -2.40. The highest BCUT2D eigenvalue weighted by atomic mass is 16.5. The number of urea groups is 1. The van der Waals surface area contributed by atoms with E-state index in [1.807, 2.05) is 6.07 Å². The fourth-order valence-electron chi connectivity index (χ4n) is 3.69. The summed E-state index contributed by atoms with van der Waals surface area (Å²) < 4.78 is 10.6. The van der Waals surface area contributed by atoms with Crippen molar-refractivity contribution in [1.29, 1.82) is 0 Å². The third kappa shape index (κ3) is 4.77. The number of allylic oxidation sites excluding steroid dienone is 1. The van der Waals surface area contributed by atoms with Crippen molar-refractivity contribution in [3.05, 3.63) is 29.8 Å². The number of hydrogen-bond acceptors (Lipinski definition) is 4. The van der Waals surface area contributed by atoms with E-state index >= 15 is 0 Å². The number of nitrogens with zero attached hydrogens (tertiary/aromatic N) is 2. The average molecular weight is 387 g/mol. The molecule has 0 aromatic heterocycles. The first-order chi connectivity index (χ1) is 13.6. The quantitative estimate of drug-likeness (QED) is 0.696. The van der Waals surface area contributed by atoms with Crippen LogP contribution in [-0.4, -0.2) is 57.2 Å². The molecule has 0 radical (unpaired) electrons. The second kappa shape index (κ2) is 9.48. The average Bonchev–Trinajstić information content (AvgIpc) is 3.08. The van der Waals surface area contributed by atoms with Gasteiger partial charge in [0.05, 0.1) is 14.2 Å². The van der Waals surface area contributed by atoms with Crippen LogP contribution < -0.4 is 19.7 Å². The van der Waals surface area contributed by atoms with Gasteiger partial charge in [-0.25, -0.2) is 4.79 Å². The number of benzene rings is 1. The molecule has 1 saturated heterocycles. The van der Waals surface area contributed by atoms with E-state index in [-0.39, 0.29) is 18.5 Å². The van der Waals surface area contributed by atoms with Crippen LogP contribution in [0, 0.1) is 0 Å². The van der Waals surface area contributed by atoms with Crippen LogP contribution in [0.15, 0.2) is 29.8 Å². The molecule has 3 rings (SSSR count). The van der Waals surface area contributed by atoms with Crippen molar-refractivity contribution in [2.45, 2.75) is 32.1 Å². The number of ether oxygens (including phenoxy) is 2. The SMILES string of the molecule is COc1ccc(N2CCN(CC(=O)NCCC3=CCCCC3)C2=O)cc1OC. The lowest BCUT2D eigenvalue weighted by molar-refractivity contribution is -0.121. The number of hydrogen-bond donors (Lipinski definition) is 1. The molecule has 1 N–H and O–H groups in total. The van der Waals surface area contributed by atoms with Gasteiger partial charge in [0.1, 0.15) is 6.54 Å². The Morgan fingerprint density at radius 3 is 2.68 bits per heavy atom. The van der Waals surface area contributed by atoms with Crippen LogP contribution in [0.25, 0.3) is 0 Å². The van der Waals surface area contributed by atoms with Crippen LogP contribution in [0.3, 0.4) is 0 Å². The van der Waals surface area contributed by atoms with Gasteiger partial charge >= 0.3 is 6.03 Å².